The molecule has 2 rings (SSSR count). The zero-order valence-corrected chi connectivity index (χ0v) is 12.9. The molecule has 3 heteroatoms. The summed E-state index contributed by atoms with van der Waals surface area (Å²) in [4.78, 5) is 2.59. The molecular formula is C13H12ClIS. The van der Waals surface area contributed by atoms with Crippen LogP contribution in [0.5, 0.6) is 0 Å². The summed E-state index contributed by atoms with van der Waals surface area (Å²) in [5.41, 5.74) is 2.50. The number of thiophene rings is 1. The van der Waals surface area contributed by atoms with Gasteiger partial charge >= 0.3 is 0 Å². The van der Waals surface area contributed by atoms with Crippen molar-refractivity contribution in [2.45, 2.75) is 19.2 Å². The van der Waals surface area contributed by atoms with Crippen LogP contribution in [0.15, 0.2) is 30.3 Å². The summed E-state index contributed by atoms with van der Waals surface area (Å²) < 4.78 is 1.23. The van der Waals surface area contributed by atoms with Crippen LogP contribution in [0, 0.1) is 17.4 Å². The highest BCUT2D eigenvalue weighted by Crippen LogP contribution is 2.37. The number of hydrogen-bond donors (Lipinski definition) is 0. The minimum absolute atomic E-state index is 0.0215. The molecule has 0 aliphatic rings. The summed E-state index contributed by atoms with van der Waals surface area (Å²) in [5, 5.41) is -0.0215. The van der Waals surface area contributed by atoms with Crippen LogP contribution in [0.25, 0.3) is 0 Å². The predicted octanol–water partition coefficient (Wildman–Crippen LogP) is 5.30. The number of alkyl halides is 1. The van der Waals surface area contributed by atoms with Crippen molar-refractivity contribution in [3.63, 3.8) is 0 Å². The Balaban J connectivity index is 2.43. The standard InChI is InChI=1S/C13H12ClIS/c1-8-7-9(2)16-13(8)12(14)10-5-3-4-6-11(10)15/h3-7,12H,1-2H3. The quantitative estimate of drug-likeness (QED) is 0.502. The monoisotopic (exact) mass is 362 g/mol. The molecule has 0 N–H and O–H groups in total. The molecule has 0 fully saturated rings. The van der Waals surface area contributed by atoms with E-state index in [1.165, 1.54) is 24.5 Å². The van der Waals surface area contributed by atoms with Crippen molar-refractivity contribution in [2.24, 2.45) is 0 Å². The molecule has 84 valence electrons. The number of hydrogen-bond acceptors (Lipinski definition) is 1. The summed E-state index contributed by atoms with van der Waals surface area (Å²) in [5.74, 6) is 0. The van der Waals surface area contributed by atoms with Crippen molar-refractivity contribution in [1.82, 2.24) is 0 Å². The number of halogens is 2. The van der Waals surface area contributed by atoms with Gasteiger partial charge < -0.3 is 0 Å². The minimum atomic E-state index is -0.0215. The molecule has 1 heterocycles. The highest BCUT2D eigenvalue weighted by Gasteiger charge is 2.17. The van der Waals surface area contributed by atoms with Crippen LogP contribution in [-0.2, 0) is 0 Å². The van der Waals surface area contributed by atoms with Gasteiger partial charge in [-0.3, -0.25) is 0 Å². The van der Waals surface area contributed by atoms with Gasteiger partial charge in [-0.2, -0.15) is 0 Å². The van der Waals surface area contributed by atoms with E-state index in [4.69, 9.17) is 11.6 Å². The Morgan fingerprint density at radius 1 is 1.25 bits per heavy atom. The first-order chi connectivity index (χ1) is 7.59. The molecule has 0 radical (unpaired) electrons. The van der Waals surface area contributed by atoms with Gasteiger partial charge in [0, 0.05) is 13.3 Å². The van der Waals surface area contributed by atoms with Gasteiger partial charge in [-0.1, -0.05) is 18.2 Å². The molecule has 2 aromatic rings. The SMILES string of the molecule is Cc1cc(C)c(C(Cl)c2ccccc2I)s1. The zero-order valence-electron chi connectivity index (χ0n) is 9.13. The van der Waals surface area contributed by atoms with Crippen molar-refractivity contribution in [3.8, 4) is 0 Å². The summed E-state index contributed by atoms with van der Waals surface area (Å²) in [6, 6.07) is 10.5. The average Bonchev–Trinajstić information content (AvgIpc) is 2.58. The molecule has 0 amide bonds. The van der Waals surface area contributed by atoms with E-state index < -0.39 is 0 Å². The van der Waals surface area contributed by atoms with E-state index in [2.05, 4.69) is 54.6 Å². The first-order valence-electron chi connectivity index (χ1n) is 5.05. The average molecular weight is 363 g/mol. The second-order valence-electron chi connectivity index (χ2n) is 3.79. The molecule has 1 atom stereocenters. The first-order valence-corrected chi connectivity index (χ1v) is 7.38. The Labute approximate surface area is 119 Å². The lowest BCUT2D eigenvalue weighted by Crippen LogP contribution is -1.94. The number of rotatable bonds is 2. The predicted molar refractivity (Wildman–Crippen MR) is 80.6 cm³/mol. The molecule has 0 nitrogen and oxygen atoms in total. The molecule has 0 aliphatic carbocycles. The molecule has 1 aromatic heterocycles. The van der Waals surface area contributed by atoms with E-state index >= 15 is 0 Å². The lowest BCUT2D eigenvalue weighted by molar-refractivity contribution is 1.14. The van der Waals surface area contributed by atoms with Gasteiger partial charge in [0.1, 0.15) is 0 Å². The van der Waals surface area contributed by atoms with E-state index in [-0.39, 0.29) is 5.38 Å². The van der Waals surface area contributed by atoms with Crippen LogP contribution < -0.4 is 0 Å². The highest BCUT2D eigenvalue weighted by molar-refractivity contribution is 14.1. The Kier molecular flexibility index (Phi) is 3.93. The van der Waals surface area contributed by atoms with Crippen LogP contribution in [0.1, 0.15) is 26.3 Å². The Hall–Kier alpha value is -0.0600. The van der Waals surface area contributed by atoms with Crippen LogP contribution in [-0.4, -0.2) is 0 Å². The molecular weight excluding hydrogens is 351 g/mol. The van der Waals surface area contributed by atoms with E-state index in [9.17, 15) is 0 Å². The van der Waals surface area contributed by atoms with Gasteiger partial charge in [-0.25, -0.2) is 0 Å². The smallest absolute Gasteiger partial charge is 0.0940 e. The third-order valence-corrected chi connectivity index (χ3v) is 5.27. The lowest BCUT2D eigenvalue weighted by Gasteiger charge is -2.11. The van der Waals surface area contributed by atoms with Crippen molar-refractivity contribution in [3.05, 3.63) is 54.8 Å². The van der Waals surface area contributed by atoms with Gasteiger partial charge in [0.05, 0.1) is 5.38 Å². The number of benzene rings is 1. The second-order valence-corrected chi connectivity index (χ2v) is 6.67. The van der Waals surface area contributed by atoms with Crippen molar-refractivity contribution < 1.29 is 0 Å². The van der Waals surface area contributed by atoms with Gasteiger partial charge in [-0.05, 0) is 59.7 Å². The van der Waals surface area contributed by atoms with Crippen LogP contribution in [0.2, 0.25) is 0 Å². The summed E-state index contributed by atoms with van der Waals surface area (Å²) in [6.45, 7) is 4.25. The molecule has 1 unspecified atom stereocenters. The maximum Gasteiger partial charge on any atom is 0.0940 e. The summed E-state index contributed by atoms with van der Waals surface area (Å²) >= 11 is 10.7. The molecule has 0 saturated heterocycles. The van der Waals surface area contributed by atoms with E-state index in [1.807, 2.05) is 12.1 Å². The van der Waals surface area contributed by atoms with Crippen LogP contribution >= 0.6 is 45.5 Å². The fourth-order valence-corrected chi connectivity index (χ4v) is 4.14. The maximum absolute atomic E-state index is 6.56. The molecule has 0 aliphatic heterocycles. The Morgan fingerprint density at radius 2 is 1.94 bits per heavy atom. The molecule has 1 aromatic carbocycles. The largest absolute Gasteiger partial charge is 0.143 e. The van der Waals surface area contributed by atoms with Crippen LogP contribution in [0.4, 0.5) is 0 Å². The highest BCUT2D eigenvalue weighted by atomic mass is 127. The molecule has 0 saturated carbocycles. The summed E-state index contributed by atoms with van der Waals surface area (Å²) in [6.07, 6.45) is 0. The minimum Gasteiger partial charge on any atom is -0.143 e. The third-order valence-electron chi connectivity index (χ3n) is 2.49. The van der Waals surface area contributed by atoms with Gasteiger partial charge in [0.15, 0.2) is 0 Å². The zero-order chi connectivity index (χ0) is 11.7. The maximum atomic E-state index is 6.56. The van der Waals surface area contributed by atoms with Gasteiger partial charge in [0.25, 0.3) is 0 Å². The summed E-state index contributed by atoms with van der Waals surface area (Å²) in [7, 11) is 0. The van der Waals surface area contributed by atoms with Crippen molar-refractivity contribution in [1.29, 1.82) is 0 Å². The van der Waals surface area contributed by atoms with Gasteiger partial charge in [0.2, 0.25) is 0 Å². The number of aryl methyl sites for hydroxylation is 2. The Morgan fingerprint density at radius 3 is 2.50 bits per heavy atom. The fourth-order valence-electron chi connectivity index (χ4n) is 1.73. The first kappa shape index (κ1) is 12.4. The van der Waals surface area contributed by atoms with E-state index in [1.54, 1.807) is 11.3 Å². The van der Waals surface area contributed by atoms with Crippen molar-refractivity contribution in [2.75, 3.05) is 0 Å². The topological polar surface area (TPSA) is 0 Å². The normalized spacial score (nSPS) is 12.8. The van der Waals surface area contributed by atoms with Gasteiger partial charge in [-0.15, -0.1) is 22.9 Å². The third kappa shape index (κ3) is 2.44. The molecule has 0 spiro atoms. The molecule has 16 heavy (non-hydrogen) atoms. The lowest BCUT2D eigenvalue weighted by atomic mass is 10.1. The van der Waals surface area contributed by atoms with Crippen LogP contribution in [0.3, 0.4) is 0 Å². The molecule has 0 bridgehead atoms. The van der Waals surface area contributed by atoms with Crippen molar-refractivity contribution >= 4 is 45.5 Å². The van der Waals surface area contributed by atoms with E-state index in [0.29, 0.717) is 0 Å². The Bertz CT molecular complexity index is 504. The second kappa shape index (κ2) is 5.07. The fraction of sp³-hybridized carbons (Fsp3) is 0.231. The van der Waals surface area contributed by atoms with E-state index in [0.717, 1.165) is 0 Å².